The van der Waals surface area contributed by atoms with Crippen molar-refractivity contribution in [2.45, 2.75) is 13.8 Å². The van der Waals surface area contributed by atoms with Gasteiger partial charge in [-0.2, -0.15) is 10.5 Å². The summed E-state index contributed by atoms with van der Waals surface area (Å²) in [7, 11) is 0. The van der Waals surface area contributed by atoms with E-state index >= 15 is 0 Å². The fourth-order valence-corrected chi connectivity index (χ4v) is 5.60. The van der Waals surface area contributed by atoms with Gasteiger partial charge in [0.2, 0.25) is 0 Å². The van der Waals surface area contributed by atoms with Crippen LogP contribution in [-0.2, 0) is 33.6 Å². The number of ether oxygens (including phenoxy) is 2. The van der Waals surface area contributed by atoms with E-state index in [4.69, 9.17) is 20.0 Å². The van der Waals surface area contributed by atoms with Gasteiger partial charge in [-0.25, -0.2) is 0 Å². The summed E-state index contributed by atoms with van der Waals surface area (Å²) >= 11 is 0. The number of aliphatic imine (C=N–C) groups is 4. The van der Waals surface area contributed by atoms with Gasteiger partial charge in [-0.3, -0.25) is 20.0 Å². The van der Waals surface area contributed by atoms with Crippen LogP contribution in [0.4, 0.5) is 22.7 Å². The van der Waals surface area contributed by atoms with Crippen LogP contribution in [0.25, 0.3) is 0 Å². The minimum atomic E-state index is -0.0591. The molecule has 12 nitrogen and oxygen atoms in total. The van der Waals surface area contributed by atoms with E-state index in [0.29, 0.717) is 45.3 Å². The molecule has 8 rings (SSSR count). The second-order valence-corrected chi connectivity index (χ2v) is 13.8. The molecule has 0 aliphatic rings. The van der Waals surface area contributed by atoms with Crippen molar-refractivity contribution in [3.05, 3.63) is 216 Å². The fourth-order valence-electron chi connectivity index (χ4n) is 5.60. The molecule has 0 N–H and O–H groups in total. The smallest absolute Gasteiger partial charge is 0.872 e. The average Bonchev–Trinajstić information content (AvgIpc) is 3.35. The zero-order chi connectivity index (χ0) is 48.4. The molecule has 8 aromatic carbocycles. The topological polar surface area (TPSA) is 208 Å². The number of hydrogen-bond donors (Lipinski definition) is 0. The fraction of sp³-hybridized carbons (Fsp3) is 0.0357. The summed E-state index contributed by atoms with van der Waals surface area (Å²) in [5, 5.41) is 61.5. The number of para-hydroxylation sites is 4. The predicted octanol–water partition coefficient (Wildman–Crippen LogP) is 11.3. The molecule has 0 atom stereocenters. The van der Waals surface area contributed by atoms with E-state index in [-0.39, 0.29) is 56.6 Å². The summed E-state index contributed by atoms with van der Waals surface area (Å²) in [5.74, 6) is 2.43. The third-order valence-electron chi connectivity index (χ3n) is 8.91. The van der Waals surface area contributed by atoms with E-state index < -0.39 is 0 Å². The van der Waals surface area contributed by atoms with E-state index in [2.05, 4.69) is 20.0 Å². The molecule has 0 bridgehead atoms. The molecule has 0 aliphatic carbocycles. The van der Waals surface area contributed by atoms with E-state index in [1.54, 1.807) is 110 Å². The van der Waals surface area contributed by atoms with Gasteiger partial charge in [-0.05, 0) is 119 Å². The molecule has 14 heteroatoms. The Hall–Kier alpha value is -8.77. The van der Waals surface area contributed by atoms with Gasteiger partial charge in [0.25, 0.3) is 0 Å². The van der Waals surface area contributed by atoms with Crippen LogP contribution in [0.1, 0.15) is 36.1 Å². The van der Waals surface area contributed by atoms with Gasteiger partial charge >= 0.3 is 33.6 Å². The largest absolute Gasteiger partial charge is 2.00 e. The molecule has 0 fully saturated rings. The van der Waals surface area contributed by atoms with Crippen LogP contribution >= 0.6 is 0 Å². The van der Waals surface area contributed by atoms with Crippen molar-refractivity contribution in [2.24, 2.45) is 20.0 Å². The molecule has 0 saturated carbocycles. The third kappa shape index (κ3) is 18.8. The maximum atomic E-state index is 11.7. The zero-order valence-corrected chi connectivity index (χ0v) is 39.7. The Bertz CT molecular complexity index is 2640. The Labute approximate surface area is 427 Å². The first kappa shape index (κ1) is 55.6. The number of benzene rings is 8. The minimum Gasteiger partial charge on any atom is -0.872 e. The maximum Gasteiger partial charge on any atom is 2.00 e. The van der Waals surface area contributed by atoms with Crippen LogP contribution in [0.5, 0.6) is 46.0 Å². The van der Waals surface area contributed by atoms with E-state index in [1.165, 1.54) is 38.1 Å². The first-order valence-electron chi connectivity index (χ1n) is 20.8. The van der Waals surface area contributed by atoms with Crippen LogP contribution in [0.2, 0.25) is 0 Å². The van der Waals surface area contributed by atoms with E-state index in [0.717, 1.165) is 22.7 Å². The van der Waals surface area contributed by atoms with Gasteiger partial charge in [0, 0.05) is 38.7 Å². The average molecular weight is 1010 g/mol. The maximum absolute atomic E-state index is 11.7. The molecule has 350 valence electrons. The van der Waals surface area contributed by atoms with Gasteiger partial charge in [0.1, 0.15) is 23.0 Å². The summed E-state index contributed by atoms with van der Waals surface area (Å²) in [4.78, 5) is 17.3. The normalized spacial score (nSPS) is 10.2. The molecule has 2 radical (unpaired) electrons. The number of rotatable bonds is 12. The van der Waals surface area contributed by atoms with Crippen molar-refractivity contribution < 1.29 is 63.5 Å². The van der Waals surface area contributed by atoms with Crippen molar-refractivity contribution in [3.8, 4) is 58.1 Å². The van der Waals surface area contributed by atoms with Crippen LogP contribution in [0.15, 0.2) is 214 Å². The summed E-state index contributed by atoms with van der Waals surface area (Å²) in [6.07, 6.45) is 6.23. The molecule has 0 aliphatic heterocycles. The first-order valence-corrected chi connectivity index (χ1v) is 20.8. The molecule has 8 aromatic rings. The molecular weight excluding hydrogens is 971 g/mol. The quantitative estimate of drug-likeness (QED) is 0.107. The molecular formula is C56H42Co2N6O6. The van der Waals surface area contributed by atoms with Crippen LogP contribution < -0.4 is 29.9 Å². The zero-order valence-electron chi connectivity index (χ0n) is 37.6. The van der Waals surface area contributed by atoms with Gasteiger partial charge in [-0.15, -0.1) is 23.0 Å². The van der Waals surface area contributed by atoms with Crippen LogP contribution in [0.3, 0.4) is 0 Å². The van der Waals surface area contributed by atoms with Crippen molar-refractivity contribution in [1.82, 2.24) is 0 Å². The Kier molecular flexibility index (Phi) is 24.2. The second kappa shape index (κ2) is 30.5. The molecule has 0 amide bonds. The van der Waals surface area contributed by atoms with Crippen molar-refractivity contribution in [3.63, 3.8) is 0 Å². The van der Waals surface area contributed by atoms with Gasteiger partial charge in [0.15, 0.2) is 0 Å². The molecule has 70 heavy (non-hydrogen) atoms. The Morgan fingerprint density at radius 1 is 0.329 bits per heavy atom. The van der Waals surface area contributed by atoms with Crippen LogP contribution in [-0.4, -0.2) is 24.9 Å². The number of nitriles is 2. The molecule has 0 spiro atoms. The Morgan fingerprint density at radius 2 is 0.500 bits per heavy atom. The van der Waals surface area contributed by atoms with Crippen molar-refractivity contribution in [1.29, 1.82) is 10.5 Å². The van der Waals surface area contributed by atoms with Crippen molar-refractivity contribution in [2.75, 3.05) is 0 Å². The molecule has 0 heterocycles. The van der Waals surface area contributed by atoms with Gasteiger partial charge in [-0.1, -0.05) is 97.1 Å². The Balaban J connectivity index is 0.000000325. The molecule has 0 unspecified atom stereocenters. The molecule has 0 aromatic heterocycles. The summed E-state index contributed by atoms with van der Waals surface area (Å²) in [6.45, 7) is 2.86. The summed E-state index contributed by atoms with van der Waals surface area (Å²) in [6, 6.07) is 59.6. The van der Waals surface area contributed by atoms with Gasteiger partial charge in [0.05, 0.1) is 34.9 Å². The standard InChI is InChI=1S/2C26H20N2O3.2C2H3N.2Co/c2*29-25-7-3-1-5-19(25)17-27-21-9-13-23(14-10-21)31-24-15-11-22(12-16-24)28-18-20-6-2-4-8-26(20)30;2*1-2-3;;/h2*1-18,29-30H;2*1H3;;/q;;;;2*+2/p-4. The van der Waals surface area contributed by atoms with Crippen LogP contribution in [0, 0.1) is 22.7 Å². The second-order valence-electron chi connectivity index (χ2n) is 13.8. The van der Waals surface area contributed by atoms with Crippen molar-refractivity contribution >= 4 is 47.6 Å². The third-order valence-corrected chi connectivity index (χ3v) is 8.91. The minimum absolute atomic E-state index is 0. The van der Waals surface area contributed by atoms with E-state index in [9.17, 15) is 20.4 Å². The summed E-state index contributed by atoms with van der Waals surface area (Å²) in [5.41, 5.74) is 5.07. The monoisotopic (exact) mass is 1010 g/mol. The molecule has 0 saturated heterocycles. The number of hydrogen-bond acceptors (Lipinski definition) is 12. The summed E-state index contributed by atoms with van der Waals surface area (Å²) < 4.78 is 11.7. The SMILES string of the molecule is CC#N.CC#N.[Co+2].[Co+2].[O-]c1ccccc1C=Nc1ccc(Oc2ccc(N=Cc3ccccc3[O-])cc2)cc1.[O-]c1ccccc1C=Nc1ccc(Oc2ccc(N=Cc3ccccc3[O-])cc2)cc1. The predicted molar refractivity (Wildman–Crippen MR) is 261 cm³/mol. The Morgan fingerprint density at radius 3 is 0.671 bits per heavy atom. The van der Waals surface area contributed by atoms with E-state index in [1.807, 2.05) is 97.1 Å². The number of nitrogens with zero attached hydrogens (tertiary/aromatic N) is 6. The van der Waals surface area contributed by atoms with Gasteiger partial charge < -0.3 is 29.9 Å². The first-order chi connectivity index (χ1) is 33.2.